The van der Waals surface area contributed by atoms with Gasteiger partial charge in [-0.05, 0) is 42.3 Å². The Kier molecular flexibility index (Phi) is 4.93. The quantitative estimate of drug-likeness (QED) is 0.880. The van der Waals surface area contributed by atoms with Gasteiger partial charge in [0.15, 0.2) is 11.5 Å². The van der Waals surface area contributed by atoms with Crippen molar-refractivity contribution in [3.8, 4) is 17.2 Å². The Balaban J connectivity index is 2.13. The van der Waals surface area contributed by atoms with Crippen LogP contribution in [0, 0.1) is 6.92 Å². The maximum absolute atomic E-state index is 5.39. The Labute approximate surface area is 125 Å². The van der Waals surface area contributed by atoms with Crippen LogP contribution in [0.5, 0.6) is 17.2 Å². The van der Waals surface area contributed by atoms with Crippen LogP contribution in [0.15, 0.2) is 36.4 Å². The number of methoxy groups -OCH3 is 3. The second-order valence-corrected chi connectivity index (χ2v) is 4.75. The number of anilines is 1. The first-order chi connectivity index (χ1) is 10.2. The lowest BCUT2D eigenvalue weighted by atomic mass is 10.1. The van der Waals surface area contributed by atoms with Crippen molar-refractivity contribution in [2.45, 2.75) is 13.5 Å². The molecule has 0 amide bonds. The van der Waals surface area contributed by atoms with Crippen molar-refractivity contribution in [1.29, 1.82) is 0 Å². The van der Waals surface area contributed by atoms with Gasteiger partial charge in [-0.1, -0.05) is 12.1 Å². The molecule has 0 bridgehead atoms. The molecule has 0 aliphatic heterocycles. The highest BCUT2D eigenvalue weighted by molar-refractivity contribution is 5.58. The van der Waals surface area contributed by atoms with Gasteiger partial charge in [-0.15, -0.1) is 0 Å². The highest BCUT2D eigenvalue weighted by Crippen LogP contribution is 2.29. The Morgan fingerprint density at radius 1 is 0.810 bits per heavy atom. The average molecular weight is 287 g/mol. The largest absolute Gasteiger partial charge is 0.495 e. The monoisotopic (exact) mass is 287 g/mol. The SMILES string of the molecule is COc1cc(C)ccc1NCc1ccc(OC)c(OC)c1. The van der Waals surface area contributed by atoms with Crippen molar-refractivity contribution in [1.82, 2.24) is 0 Å². The number of rotatable bonds is 6. The van der Waals surface area contributed by atoms with Gasteiger partial charge >= 0.3 is 0 Å². The fourth-order valence-electron chi connectivity index (χ4n) is 2.13. The zero-order chi connectivity index (χ0) is 15.2. The van der Waals surface area contributed by atoms with E-state index in [2.05, 4.69) is 11.4 Å². The Morgan fingerprint density at radius 3 is 2.19 bits per heavy atom. The lowest BCUT2D eigenvalue weighted by Crippen LogP contribution is -2.02. The fourth-order valence-corrected chi connectivity index (χ4v) is 2.13. The van der Waals surface area contributed by atoms with Crippen LogP contribution in [0.3, 0.4) is 0 Å². The first kappa shape index (κ1) is 15.0. The lowest BCUT2D eigenvalue weighted by Gasteiger charge is -2.13. The third kappa shape index (κ3) is 3.60. The van der Waals surface area contributed by atoms with Crippen molar-refractivity contribution in [2.24, 2.45) is 0 Å². The van der Waals surface area contributed by atoms with Gasteiger partial charge in [-0.3, -0.25) is 0 Å². The molecular weight excluding hydrogens is 266 g/mol. The highest BCUT2D eigenvalue weighted by Gasteiger charge is 2.06. The van der Waals surface area contributed by atoms with Gasteiger partial charge in [0, 0.05) is 6.54 Å². The van der Waals surface area contributed by atoms with Crippen LogP contribution in [0.2, 0.25) is 0 Å². The van der Waals surface area contributed by atoms with Crippen molar-refractivity contribution < 1.29 is 14.2 Å². The summed E-state index contributed by atoms with van der Waals surface area (Å²) >= 11 is 0. The van der Waals surface area contributed by atoms with E-state index in [1.165, 1.54) is 5.56 Å². The summed E-state index contributed by atoms with van der Waals surface area (Å²) in [6.07, 6.45) is 0. The molecule has 0 radical (unpaired) electrons. The maximum Gasteiger partial charge on any atom is 0.161 e. The van der Waals surface area contributed by atoms with Gasteiger partial charge in [-0.25, -0.2) is 0 Å². The van der Waals surface area contributed by atoms with Crippen molar-refractivity contribution >= 4 is 5.69 Å². The Morgan fingerprint density at radius 2 is 1.52 bits per heavy atom. The van der Waals surface area contributed by atoms with Crippen molar-refractivity contribution in [3.63, 3.8) is 0 Å². The van der Waals surface area contributed by atoms with E-state index in [1.54, 1.807) is 21.3 Å². The molecule has 0 saturated carbocycles. The molecule has 4 nitrogen and oxygen atoms in total. The molecular formula is C17H21NO3. The molecule has 21 heavy (non-hydrogen) atoms. The molecule has 0 heterocycles. The maximum atomic E-state index is 5.39. The van der Waals surface area contributed by atoms with Gasteiger partial charge < -0.3 is 19.5 Å². The standard InChI is InChI=1S/C17H21NO3/c1-12-5-7-14(16(9-12)20-3)18-11-13-6-8-15(19-2)17(10-13)21-4/h5-10,18H,11H2,1-4H3. The van der Waals surface area contributed by atoms with Crippen LogP contribution in [0.4, 0.5) is 5.69 Å². The van der Waals surface area contributed by atoms with Gasteiger partial charge in [0.2, 0.25) is 0 Å². The van der Waals surface area contributed by atoms with E-state index in [0.717, 1.165) is 28.5 Å². The van der Waals surface area contributed by atoms with Gasteiger partial charge in [-0.2, -0.15) is 0 Å². The smallest absolute Gasteiger partial charge is 0.161 e. The molecule has 0 aliphatic rings. The van der Waals surface area contributed by atoms with Crippen LogP contribution in [0.1, 0.15) is 11.1 Å². The van der Waals surface area contributed by atoms with Gasteiger partial charge in [0.05, 0.1) is 27.0 Å². The molecule has 1 N–H and O–H groups in total. The summed E-state index contributed by atoms with van der Waals surface area (Å²) in [6, 6.07) is 12.0. The minimum absolute atomic E-state index is 0.680. The van der Waals surface area contributed by atoms with Gasteiger partial charge in [0.25, 0.3) is 0 Å². The predicted octanol–water partition coefficient (Wildman–Crippen LogP) is 3.63. The summed E-state index contributed by atoms with van der Waals surface area (Å²) in [7, 11) is 4.95. The molecule has 112 valence electrons. The molecule has 0 aliphatic carbocycles. The van der Waals surface area contributed by atoms with E-state index in [0.29, 0.717) is 6.54 Å². The Hall–Kier alpha value is -2.36. The van der Waals surface area contributed by atoms with Crippen LogP contribution in [0.25, 0.3) is 0 Å². The van der Waals surface area contributed by atoms with E-state index in [4.69, 9.17) is 14.2 Å². The third-order valence-electron chi connectivity index (χ3n) is 3.29. The molecule has 0 atom stereocenters. The molecule has 2 aromatic rings. The molecule has 4 heteroatoms. The van der Waals surface area contributed by atoms with E-state index in [-0.39, 0.29) is 0 Å². The van der Waals surface area contributed by atoms with Crippen LogP contribution < -0.4 is 19.5 Å². The number of ether oxygens (including phenoxy) is 3. The van der Waals surface area contributed by atoms with Crippen LogP contribution in [-0.2, 0) is 6.54 Å². The first-order valence-electron chi connectivity index (χ1n) is 6.77. The summed E-state index contributed by atoms with van der Waals surface area (Å²) in [4.78, 5) is 0. The molecule has 0 aromatic heterocycles. The van der Waals surface area contributed by atoms with E-state index >= 15 is 0 Å². The number of aryl methyl sites for hydroxylation is 1. The molecule has 2 rings (SSSR count). The van der Waals surface area contributed by atoms with Gasteiger partial charge in [0.1, 0.15) is 5.75 Å². The Bertz CT molecular complexity index is 611. The van der Waals surface area contributed by atoms with Crippen LogP contribution in [-0.4, -0.2) is 21.3 Å². The van der Waals surface area contributed by atoms with E-state index in [1.807, 2.05) is 37.3 Å². The molecule has 2 aromatic carbocycles. The second-order valence-electron chi connectivity index (χ2n) is 4.75. The van der Waals surface area contributed by atoms with Crippen molar-refractivity contribution in [2.75, 3.05) is 26.6 Å². The number of nitrogens with one attached hydrogen (secondary N) is 1. The third-order valence-corrected chi connectivity index (χ3v) is 3.29. The fraction of sp³-hybridized carbons (Fsp3) is 0.294. The minimum Gasteiger partial charge on any atom is -0.495 e. The normalized spacial score (nSPS) is 10.1. The second kappa shape index (κ2) is 6.88. The molecule has 0 spiro atoms. The summed E-state index contributed by atoms with van der Waals surface area (Å²) in [5.74, 6) is 2.30. The number of hydrogen-bond acceptors (Lipinski definition) is 4. The summed E-state index contributed by atoms with van der Waals surface area (Å²) in [6.45, 7) is 2.72. The average Bonchev–Trinajstić information content (AvgIpc) is 2.53. The summed E-state index contributed by atoms with van der Waals surface area (Å²) in [5.41, 5.74) is 3.25. The van der Waals surface area contributed by atoms with E-state index in [9.17, 15) is 0 Å². The van der Waals surface area contributed by atoms with Crippen molar-refractivity contribution in [3.05, 3.63) is 47.5 Å². The zero-order valence-electron chi connectivity index (χ0n) is 12.9. The summed E-state index contributed by atoms with van der Waals surface area (Å²) in [5, 5.41) is 3.38. The highest BCUT2D eigenvalue weighted by atomic mass is 16.5. The zero-order valence-corrected chi connectivity index (χ0v) is 12.9. The van der Waals surface area contributed by atoms with Crippen LogP contribution >= 0.6 is 0 Å². The number of benzene rings is 2. The molecule has 0 saturated heterocycles. The van der Waals surface area contributed by atoms with E-state index < -0.39 is 0 Å². The number of hydrogen-bond donors (Lipinski definition) is 1. The first-order valence-corrected chi connectivity index (χ1v) is 6.77. The minimum atomic E-state index is 0.680. The summed E-state index contributed by atoms with van der Waals surface area (Å²) < 4.78 is 15.9. The molecule has 0 unspecified atom stereocenters. The lowest BCUT2D eigenvalue weighted by molar-refractivity contribution is 0.354. The topological polar surface area (TPSA) is 39.7 Å². The predicted molar refractivity (Wildman–Crippen MR) is 84.6 cm³/mol. The molecule has 0 fully saturated rings.